The van der Waals surface area contributed by atoms with Crippen molar-refractivity contribution in [2.45, 2.75) is 44.9 Å². The summed E-state index contributed by atoms with van der Waals surface area (Å²) in [6.07, 6.45) is 8.20. The van der Waals surface area contributed by atoms with Crippen LogP contribution in [0.5, 0.6) is 0 Å². The van der Waals surface area contributed by atoms with Gasteiger partial charge >= 0.3 is 0 Å². The van der Waals surface area contributed by atoms with Crippen LogP contribution in [-0.4, -0.2) is 0 Å². The Balaban J connectivity index is 2.33. The zero-order valence-corrected chi connectivity index (χ0v) is 14.4. The highest BCUT2D eigenvalue weighted by Gasteiger charge is 2.41. The average molecular weight is 302 g/mol. The molecule has 118 valence electrons. The fourth-order valence-corrected chi connectivity index (χ4v) is 4.05. The van der Waals surface area contributed by atoms with Crippen molar-refractivity contribution in [3.05, 3.63) is 84.0 Å². The van der Waals surface area contributed by atoms with Crippen molar-refractivity contribution in [3.8, 4) is 11.1 Å². The normalized spacial score (nSPS) is 14.2. The van der Waals surface area contributed by atoms with Crippen LogP contribution in [0.1, 0.15) is 48.9 Å². The summed E-state index contributed by atoms with van der Waals surface area (Å²) in [5.41, 5.74) is 8.52. The Kier molecular flexibility index (Phi) is 4.26. The Morgan fingerprint density at radius 2 is 1.22 bits per heavy atom. The zero-order chi connectivity index (χ0) is 16.4. The third kappa shape index (κ3) is 2.37. The lowest BCUT2D eigenvalue weighted by Gasteiger charge is -2.30. The third-order valence-electron chi connectivity index (χ3n) is 5.29. The molecule has 0 saturated heterocycles. The van der Waals surface area contributed by atoms with E-state index in [2.05, 4.69) is 75.6 Å². The summed E-state index contributed by atoms with van der Waals surface area (Å²) >= 11 is 0. The lowest BCUT2D eigenvalue weighted by atomic mass is 9.72. The maximum atomic E-state index is 4.05. The van der Waals surface area contributed by atoms with Gasteiger partial charge in [-0.2, -0.15) is 0 Å². The fraction of sp³-hybridized carbons (Fsp3) is 0.304. The zero-order valence-electron chi connectivity index (χ0n) is 14.4. The molecule has 2 aromatic carbocycles. The van der Waals surface area contributed by atoms with E-state index in [9.17, 15) is 0 Å². The first-order chi connectivity index (χ1) is 11.2. The molecule has 0 heteroatoms. The van der Waals surface area contributed by atoms with Gasteiger partial charge in [-0.3, -0.25) is 0 Å². The third-order valence-corrected chi connectivity index (χ3v) is 5.29. The highest BCUT2D eigenvalue weighted by Crippen LogP contribution is 2.53. The molecular weight excluding hydrogens is 276 g/mol. The second-order valence-corrected chi connectivity index (χ2v) is 6.53. The van der Waals surface area contributed by atoms with Crippen molar-refractivity contribution < 1.29 is 0 Å². The first kappa shape index (κ1) is 15.8. The van der Waals surface area contributed by atoms with E-state index in [0.29, 0.717) is 0 Å². The Morgan fingerprint density at radius 3 is 1.57 bits per heavy atom. The van der Waals surface area contributed by atoms with Gasteiger partial charge < -0.3 is 0 Å². The number of benzene rings is 2. The summed E-state index contributed by atoms with van der Waals surface area (Å²) in [5.74, 6) is 0. The van der Waals surface area contributed by atoms with E-state index in [4.69, 9.17) is 0 Å². The summed E-state index contributed by atoms with van der Waals surface area (Å²) < 4.78 is 0. The molecule has 0 spiro atoms. The van der Waals surface area contributed by atoms with E-state index >= 15 is 0 Å². The van der Waals surface area contributed by atoms with Crippen LogP contribution in [0.15, 0.2) is 61.7 Å². The van der Waals surface area contributed by atoms with E-state index < -0.39 is 0 Å². The predicted octanol–water partition coefficient (Wildman–Crippen LogP) is 6.23. The van der Waals surface area contributed by atoms with E-state index in [1.807, 2.05) is 0 Å². The molecule has 23 heavy (non-hydrogen) atoms. The van der Waals surface area contributed by atoms with E-state index in [-0.39, 0.29) is 5.41 Å². The van der Waals surface area contributed by atoms with Crippen LogP contribution in [0.3, 0.4) is 0 Å². The van der Waals surface area contributed by atoms with Gasteiger partial charge in [-0.25, -0.2) is 0 Å². The van der Waals surface area contributed by atoms with Crippen molar-refractivity contribution in [1.29, 1.82) is 0 Å². The molecule has 0 radical (unpaired) electrons. The minimum Gasteiger partial charge on any atom is -0.103 e. The molecule has 2 aromatic rings. The molecule has 1 aliphatic rings. The Bertz CT molecular complexity index is 683. The lowest BCUT2D eigenvalue weighted by molar-refractivity contribution is 0.542. The van der Waals surface area contributed by atoms with Gasteiger partial charge in [0, 0.05) is 5.41 Å². The van der Waals surface area contributed by atoms with Crippen LogP contribution in [0.25, 0.3) is 11.1 Å². The molecule has 0 N–H and O–H groups in total. The first-order valence-corrected chi connectivity index (χ1v) is 8.69. The summed E-state index contributed by atoms with van der Waals surface area (Å²) in [6, 6.07) is 14.0. The van der Waals surface area contributed by atoms with Gasteiger partial charge in [0.2, 0.25) is 0 Å². The van der Waals surface area contributed by atoms with Crippen molar-refractivity contribution in [2.24, 2.45) is 0 Å². The van der Waals surface area contributed by atoms with E-state index in [1.54, 1.807) is 0 Å². The summed E-state index contributed by atoms with van der Waals surface area (Å²) in [5, 5.41) is 0. The predicted molar refractivity (Wildman–Crippen MR) is 101 cm³/mol. The quantitative estimate of drug-likeness (QED) is 0.555. The molecule has 0 amide bonds. The molecule has 0 atom stereocenters. The molecule has 0 heterocycles. The Hall–Kier alpha value is -2.08. The molecule has 0 saturated carbocycles. The van der Waals surface area contributed by atoms with Crippen molar-refractivity contribution in [2.75, 3.05) is 0 Å². The molecule has 0 fully saturated rings. The van der Waals surface area contributed by atoms with Crippen LogP contribution in [-0.2, 0) is 18.3 Å². The fourth-order valence-electron chi connectivity index (χ4n) is 4.05. The van der Waals surface area contributed by atoms with E-state index in [1.165, 1.54) is 33.4 Å². The van der Waals surface area contributed by atoms with Crippen molar-refractivity contribution in [1.82, 2.24) is 0 Å². The lowest BCUT2D eigenvalue weighted by Crippen LogP contribution is -2.24. The second kappa shape index (κ2) is 6.20. The molecule has 0 unspecified atom stereocenters. The van der Waals surface area contributed by atoms with Crippen LogP contribution in [0.4, 0.5) is 0 Å². The number of fused-ring (bicyclic) bond motifs is 3. The number of aryl methyl sites for hydroxylation is 2. The molecular formula is C23H26. The monoisotopic (exact) mass is 302 g/mol. The van der Waals surface area contributed by atoms with Gasteiger partial charge in [-0.05, 0) is 59.1 Å². The van der Waals surface area contributed by atoms with Gasteiger partial charge in [0.15, 0.2) is 0 Å². The topological polar surface area (TPSA) is 0 Å². The number of hydrogen-bond acceptors (Lipinski definition) is 0. The largest absolute Gasteiger partial charge is 0.103 e. The summed E-state index contributed by atoms with van der Waals surface area (Å²) in [7, 11) is 0. The summed E-state index contributed by atoms with van der Waals surface area (Å²) in [4.78, 5) is 0. The molecule has 0 nitrogen and oxygen atoms in total. The standard InChI is InChI=1S/C23H26/c1-5-13-23(14-6-2)21-15-17(7-3)9-11-19(21)20-12-10-18(8-4)16-22(20)23/h5-6,9-12,15-16H,1-2,7-8,13-14H2,3-4H3. The minimum absolute atomic E-state index is 0.00449. The highest BCUT2D eigenvalue weighted by atomic mass is 14.4. The number of hydrogen-bond donors (Lipinski definition) is 0. The smallest absolute Gasteiger partial charge is 0.0283 e. The van der Waals surface area contributed by atoms with Crippen LogP contribution in [0, 0.1) is 0 Å². The highest BCUT2D eigenvalue weighted by molar-refractivity contribution is 5.82. The van der Waals surface area contributed by atoms with Gasteiger partial charge in [-0.15, -0.1) is 13.2 Å². The van der Waals surface area contributed by atoms with Gasteiger partial charge in [0.05, 0.1) is 0 Å². The first-order valence-electron chi connectivity index (χ1n) is 8.69. The van der Waals surface area contributed by atoms with Crippen molar-refractivity contribution >= 4 is 0 Å². The van der Waals surface area contributed by atoms with Gasteiger partial charge in [0.1, 0.15) is 0 Å². The van der Waals surface area contributed by atoms with E-state index in [0.717, 1.165) is 25.7 Å². The maximum Gasteiger partial charge on any atom is 0.0283 e. The number of allylic oxidation sites excluding steroid dienone is 2. The van der Waals surface area contributed by atoms with Crippen molar-refractivity contribution in [3.63, 3.8) is 0 Å². The molecule has 1 aliphatic carbocycles. The SMILES string of the molecule is C=CCC1(CC=C)c2cc(CC)ccc2-c2ccc(CC)cc21. The molecule has 3 rings (SSSR count). The second-order valence-electron chi connectivity index (χ2n) is 6.53. The Labute approximate surface area is 140 Å². The minimum atomic E-state index is 0.00449. The maximum absolute atomic E-state index is 4.05. The van der Waals surface area contributed by atoms with Crippen LogP contribution < -0.4 is 0 Å². The van der Waals surface area contributed by atoms with Gasteiger partial charge in [0.25, 0.3) is 0 Å². The van der Waals surface area contributed by atoms with Crippen LogP contribution in [0.2, 0.25) is 0 Å². The summed E-state index contributed by atoms with van der Waals surface area (Å²) in [6.45, 7) is 12.5. The molecule has 0 aromatic heterocycles. The van der Waals surface area contributed by atoms with Gasteiger partial charge in [-0.1, -0.05) is 62.4 Å². The van der Waals surface area contributed by atoms with Crippen LogP contribution >= 0.6 is 0 Å². The molecule has 0 aliphatic heterocycles. The average Bonchev–Trinajstić information content (AvgIpc) is 2.85. The number of rotatable bonds is 6. The molecule has 0 bridgehead atoms. The Morgan fingerprint density at radius 1 is 0.783 bits per heavy atom.